The minimum Gasteiger partial charge on any atom is -0.338 e. The number of Topliss-reactive ketones (excluding diaryl/α,β-unsaturated/α-hetero) is 1. The van der Waals surface area contributed by atoms with E-state index in [1.807, 2.05) is 38.1 Å². The van der Waals surface area contributed by atoms with Crippen molar-refractivity contribution < 1.29 is 9.59 Å². The molecule has 0 saturated carbocycles. The van der Waals surface area contributed by atoms with E-state index in [4.69, 9.17) is 0 Å². The van der Waals surface area contributed by atoms with Gasteiger partial charge in [0.25, 0.3) is 0 Å². The number of aryl methyl sites for hydroxylation is 1. The standard InChI is InChI=1S/C14H19NO2/c1-4-15(14(17)9-12(3)16)10-13-8-6-5-7-11(13)2/h5-8H,4,9-10H2,1-3H3. The van der Waals surface area contributed by atoms with Crippen LogP contribution in [0.25, 0.3) is 0 Å². The Morgan fingerprint density at radius 2 is 1.88 bits per heavy atom. The number of carbonyl (C=O) groups excluding carboxylic acids is 2. The number of ketones is 1. The molecule has 1 rings (SSSR count). The zero-order chi connectivity index (χ0) is 12.8. The monoisotopic (exact) mass is 233 g/mol. The number of hydrogen-bond donors (Lipinski definition) is 0. The number of benzene rings is 1. The molecule has 0 aliphatic rings. The van der Waals surface area contributed by atoms with Crippen molar-refractivity contribution in [1.29, 1.82) is 0 Å². The number of rotatable bonds is 5. The lowest BCUT2D eigenvalue weighted by molar-refractivity contribution is -0.135. The van der Waals surface area contributed by atoms with Crippen LogP contribution in [0.3, 0.4) is 0 Å². The molecule has 92 valence electrons. The fraction of sp³-hybridized carbons (Fsp3) is 0.429. The normalized spacial score (nSPS) is 10.1. The summed E-state index contributed by atoms with van der Waals surface area (Å²) in [5.74, 6) is -0.179. The molecule has 0 atom stereocenters. The maximum absolute atomic E-state index is 11.8. The molecule has 0 saturated heterocycles. The first-order valence-corrected chi connectivity index (χ1v) is 5.86. The average Bonchev–Trinajstić information content (AvgIpc) is 2.27. The van der Waals surface area contributed by atoms with Crippen LogP contribution in [-0.4, -0.2) is 23.1 Å². The van der Waals surface area contributed by atoms with E-state index in [0.29, 0.717) is 13.1 Å². The first-order chi connectivity index (χ1) is 8.04. The van der Waals surface area contributed by atoms with Gasteiger partial charge in [0.15, 0.2) is 0 Å². The Morgan fingerprint density at radius 1 is 1.24 bits per heavy atom. The van der Waals surface area contributed by atoms with Crippen molar-refractivity contribution in [3.05, 3.63) is 35.4 Å². The predicted octanol–water partition coefficient (Wildman–Crippen LogP) is 2.32. The lowest BCUT2D eigenvalue weighted by Crippen LogP contribution is -2.31. The summed E-state index contributed by atoms with van der Waals surface area (Å²) in [6.07, 6.45) is -0.000277. The van der Waals surface area contributed by atoms with Crippen LogP contribution in [0.2, 0.25) is 0 Å². The Balaban J connectivity index is 2.73. The van der Waals surface area contributed by atoms with Crippen LogP contribution in [0.1, 0.15) is 31.4 Å². The van der Waals surface area contributed by atoms with Gasteiger partial charge in [-0.3, -0.25) is 9.59 Å². The van der Waals surface area contributed by atoms with Gasteiger partial charge in [0.2, 0.25) is 5.91 Å². The van der Waals surface area contributed by atoms with Crippen LogP contribution in [-0.2, 0) is 16.1 Å². The van der Waals surface area contributed by atoms with Gasteiger partial charge < -0.3 is 4.90 Å². The molecule has 0 fully saturated rings. The third-order valence-corrected chi connectivity index (χ3v) is 2.76. The van der Waals surface area contributed by atoms with Crippen molar-refractivity contribution in [2.75, 3.05) is 6.54 Å². The van der Waals surface area contributed by atoms with Crippen LogP contribution in [0.15, 0.2) is 24.3 Å². The molecule has 0 aliphatic heterocycles. The van der Waals surface area contributed by atoms with Gasteiger partial charge in [-0.15, -0.1) is 0 Å². The van der Waals surface area contributed by atoms with E-state index >= 15 is 0 Å². The van der Waals surface area contributed by atoms with E-state index in [-0.39, 0.29) is 18.1 Å². The molecule has 0 aromatic heterocycles. The highest BCUT2D eigenvalue weighted by Crippen LogP contribution is 2.11. The van der Waals surface area contributed by atoms with Gasteiger partial charge >= 0.3 is 0 Å². The molecule has 0 bridgehead atoms. The summed E-state index contributed by atoms with van der Waals surface area (Å²) in [6.45, 7) is 6.60. The van der Waals surface area contributed by atoms with Crippen molar-refractivity contribution in [3.8, 4) is 0 Å². The number of nitrogens with zero attached hydrogens (tertiary/aromatic N) is 1. The SMILES string of the molecule is CCN(Cc1ccccc1C)C(=O)CC(C)=O. The third-order valence-electron chi connectivity index (χ3n) is 2.76. The van der Waals surface area contributed by atoms with Gasteiger partial charge in [-0.05, 0) is 31.9 Å². The van der Waals surface area contributed by atoms with E-state index in [0.717, 1.165) is 5.56 Å². The van der Waals surface area contributed by atoms with Crippen LogP contribution in [0.5, 0.6) is 0 Å². The Morgan fingerprint density at radius 3 is 2.41 bits per heavy atom. The Labute approximate surface area is 102 Å². The highest BCUT2D eigenvalue weighted by atomic mass is 16.2. The molecule has 3 heteroatoms. The summed E-state index contributed by atoms with van der Waals surface area (Å²) in [5, 5.41) is 0. The smallest absolute Gasteiger partial charge is 0.230 e. The summed E-state index contributed by atoms with van der Waals surface area (Å²) >= 11 is 0. The molecule has 0 spiro atoms. The molecule has 1 amide bonds. The molecule has 1 aromatic carbocycles. The van der Waals surface area contributed by atoms with Crippen LogP contribution in [0.4, 0.5) is 0 Å². The minimum atomic E-state index is -0.0942. The summed E-state index contributed by atoms with van der Waals surface area (Å²) < 4.78 is 0. The lowest BCUT2D eigenvalue weighted by atomic mass is 10.1. The maximum atomic E-state index is 11.8. The van der Waals surface area contributed by atoms with Gasteiger partial charge in [-0.2, -0.15) is 0 Å². The highest BCUT2D eigenvalue weighted by Gasteiger charge is 2.14. The molecule has 0 unspecified atom stereocenters. The highest BCUT2D eigenvalue weighted by molar-refractivity contribution is 5.96. The van der Waals surface area contributed by atoms with E-state index in [1.165, 1.54) is 12.5 Å². The molecule has 1 aromatic rings. The van der Waals surface area contributed by atoms with Crippen molar-refractivity contribution in [2.45, 2.75) is 33.7 Å². The molecule has 0 radical (unpaired) electrons. The quantitative estimate of drug-likeness (QED) is 0.732. The van der Waals surface area contributed by atoms with Gasteiger partial charge in [-0.25, -0.2) is 0 Å². The van der Waals surface area contributed by atoms with E-state index in [1.54, 1.807) is 4.90 Å². The fourth-order valence-corrected chi connectivity index (χ4v) is 1.69. The molecular weight excluding hydrogens is 214 g/mol. The third kappa shape index (κ3) is 4.02. The fourth-order valence-electron chi connectivity index (χ4n) is 1.69. The zero-order valence-electron chi connectivity index (χ0n) is 10.7. The van der Waals surface area contributed by atoms with E-state index in [9.17, 15) is 9.59 Å². The molecule has 0 heterocycles. The number of hydrogen-bond acceptors (Lipinski definition) is 2. The van der Waals surface area contributed by atoms with Gasteiger partial charge in [-0.1, -0.05) is 24.3 Å². The van der Waals surface area contributed by atoms with Crippen LogP contribution >= 0.6 is 0 Å². The molecule has 3 nitrogen and oxygen atoms in total. The molecule has 17 heavy (non-hydrogen) atoms. The topological polar surface area (TPSA) is 37.4 Å². The maximum Gasteiger partial charge on any atom is 0.230 e. The Bertz CT molecular complexity index is 412. The summed E-state index contributed by atoms with van der Waals surface area (Å²) in [5.41, 5.74) is 2.30. The Hall–Kier alpha value is -1.64. The second kappa shape index (κ2) is 6.18. The number of carbonyl (C=O) groups is 2. The first-order valence-electron chi connectivity index (χ1n) is 5.86. The van der Waals surface area contributed by atoms with Crippen molar-refractivity contribution in [3.63, 3.8) is 0 Å². The average molecular weight is 233 g/mol. The first kappa shape index (κ1) is 13.4. The van der Waals surface area contributed by atoms with Gasteiger partial charge in [0.1, 0.15) is 5.78 Å². The van der Waals surface area contributed by atoms with E-state index < -0.39 is 0 Å². The van der Waals surface area contributed by atoms with Gasteiger partial charge in [0.05, 0.1) is 6.42 Å². The summed E-state index contributed by atoms with van der Waals surface area (Å²) in [4.78, 5) is 24.5. The van der Waals surface area contributed by atoms with Crippen molar-refractivity contribution >= 4 is 11.7 Å². The molecule has 0 aliphatic carbocycles. The number of amides is 1. The molecular formula is C14H19NO2. The summed E-state index contributed by atoms with van der Waals surface area (Å²) in [7, 11) is 0. The minimum absolute atomic E-state index is 0.000277. The van der Waals surface area contributed by atoms with Crippen LogP contribution in [0, 0.1) is 6.92 Å². The second-order valence-corrected chi connectivity index (χ2v) is 4.21. The predicted molar refractivity (Wildman–Crippen MR) is 67.6 cm³/mol. The molecule has 0 N–H and O–H groups in total. The lowest BCUT2D eigenvalue weighted by Gasteiger charge is -2.21. The van der Waals surface area contributed by atoms with Crippen molar-refractivity contribution in [2.24, 2.45) is 0 Å². The largest absolute Gasteiger partial charge is 0.338 e. The summed E-state index contributed by atoms with van der Waals surface area (Å²) in [6, 6.07) is 7.98. The van der Waals surface area contributed by atoms with Gasteiger partial charge in [0, 0.05) is 13.1 Å². The zero-order valence-corrected chi connectivity index (χ0v) is 10.7. The second-order valence-electron chi connectivity index (χ2n) is 4.21. The van der Waals surface area contributed by atoms with Crippen LogP contribution < -0.4 is 0 Å². The Kier molecular flexibility index (Phi) is 4.88. The van der Waals surface area contributed by atoms with E-state index in [2.05, 4.69) is 0 Å². The van der Waals surface area contributed by atoms with Crippen molar-refractivity contribution in [1.82, 2.24) is 4.90 Å².